The summed E-state index contributed by atoms with van der Waals surface area (Å²) in [5.74, 6) is -1.77. The van der Waals surface area contributed by atoms with Crippen LogP contribution < -0.4 is 5.73 Å². The van der Waals surface area contributed by atoms with Gasteiger partial charge in [-0.2, -0.15) is 0 Å². The van der Waals surface area contributed by atoms with Gasteiger partial charge in [0.1, 0.15) is 11.6 Å². The zero-order valence-electron chi connectivity index (χ0n) is 10.2. The summed E-state index contributed by atoms with van der Waals surface area (Å²) in [7, 11) is 0. The van der Waals surface area contributed by atoms with E-state index in [1.807, 2.05) is 6.92 Å². The molecule has 1 aliphatic heterocycles. The van der Waals surface area contributed by atoms with Gasteiger partial charge in [0, 0.05) is 13.1 Å². The summed E-state index contributed by atoms with van der Waals surface area (Å²) in [6.07, 6.45) is 0.784. The van der Waals surface area contributed by atoms with Gasteiger partial charge in [-0.3, -0.25) is 4.79 Å². The summed E-state index contributed by atoms with van der Waals surface area (Å²) in [5.41, 5.74) is 5.31. The van der Waals surface area contributed by atoms with Gasteiger partial charge in [-0.15, -0.1) is 0 Å². The first-order valence-electron chi connectivity index (χ1n) is 5.90. The smallest absolute Gasteiger partial charge is 0.256 e. The summed E-state index contributed by atoms with van der Waals surface area (Å²) in [5, 5.41) is 0. The topological polar surface area (TPSA) is 46.3 Å². The molecule has 2 rings (SSSR count). The van der Waals surface area contributed by atoms with Crippen molar-refractivity contribution in [2.75, 3.05) is 19.6 Å². The van der Waals surface area contributed by atoms with Crippen molar-refractivity contribution in [2.45, 2.75) is 13.3 Å². The lowest BCUT2D eigenvalue weighted by Gasteiger charge is -2.22. The Hall–Kier alpha value is -1.49. The zero-order valence-corrected chi connectivity index (χ0v) is 10.2. The summed E-state index contributed by atoms with van der Waals surface area (Å²) >= 11 is 0. The third-order valence-corrected chi connectivity index (χ3v) is 3.50. The van der Waals surface area contributed by atoms with Crippen LogP contribution in [0.15, 0.2) is 18.2 Å². The zero-order chi connectivity index (χ0) is 13.3. The monoisotopic (exact) mass is 254 g/mol. The van der Waals surface area contributed by atoms with Gasteiger partial charge < -0.3 is 10.6 Å². The predicted octanol–water partition coefficient (Wildman–Crippen LogP) is 1.78. The van der Waals surface area contributed by atoms with E-state index in [2.05, 4.69) is 0 Å². The van der Waals surface area contributed by atoms with Gasteiger partial charge in [0.05, 0.1) is 5.56 Å². The standard InChI is InChI=1S/C13H16F2N2O/c1-13(7-16)4-5-17(8-13)12(18)10-6-9(14)2-3-11(10)15/h2-3,6H,4-5,7-8,16H2,1H3. The number of benzene rings is 1. The van der Waals surface area contributed by atoms with Crippen LogP contribution in [0, 0.1) is 17.0 Å². The molecular weight excluding hydrogens is 238 g/mol. The molecule has 1 fully saturated rings. The highest BCUT2D eigenvalue weighted by Crippen LogP contribution is 2.29. The fraction of sp³-hybridized carbons (Fsp3) is 0.462. The number of likely N-dealkylation sites (tertiary alicyclic amines) is 1. The Morgan fingerprint density at radius 1 is 1.50 bits per heavy atom. The molecule has 1 aromatic carbocycles. The van der Waals surface area contributed by atoms with Crippen LogP contribution in [0.3, 0.4) is 0 Å². The highest BCUT2D eigenvalue weighted by molar-refractivity contribution is 5.94. The quantitative estimate of drug-likeness (QED) is 0.874. The molecule has 1 aromatic rings. The fourth-order valence-electron chi connectivity index (χ4n) is 2.20. The molecule has 1 aliphatic rings. The molecule has 0 radical (unpaired) electrons. The molecule has 0 aromatic heterocycles. The predicted molar refractivity (Wildman–Crippen MR) is 64.0 cm³/mol. The molecule has 3 nitrogen and oxygen atoms in total. The van der Waals surface area contributed by atoms with Crippen LogP contribution in [-0.2, 0) is 0 Å². The molecular formula is C13H16F2N2O. The Balaban J connectivity index is 2.20. The van der Waals surface area contributed by atoms with Crippen LogP contribution in [0.1, 0.15) is 23.7 Å². The summed E-state index contributed by atoms with van der Waals surface area (Å²) in [6, 6.07) is 2.91. The van der Waals surface area contributed by atoms with E-state index in [1.54, 1.807) is 0 Å². The molecule has 0 saturated carbocycles. The minimum Gasteiger partial charge on any atom is -0.338 e. The maximum absolute atomic E-state index is 13.5. The van der Waals surface area contributed by atoms with Crippen LogP contribution in [0.5, 0.6) is 0 Å². The van der Waals surface area contributed by atoms with Crippen LogP contribution in [-0.4, -0.2) is 30.4 Å². The molecule has 1 saturated heterocycles. The van der Waals surface area contributed by atoms with E-state index in [1.165, 1.54) is 4.90 Å². The number of halogens is 2. The van der Waals surface area contributed by atoms with Crippen molar-refractivity contribution in [1.82, 2.24) is 4.90 Å². The number of nitrogens with zero attached hydrogens (tertiary/aromatic N) is 1. The summed E-state index contributed by atoms with van der Waals surface area (Å²) in [6.45, 7) is 3.48. The summed E-state index contributed by atoms with van der Waals surface area (Å²) < 4.78 is 26.6. The van der Waals surface area contributed by atoms with Crippen LogP contribution in [0.2, 0.25) is 0 Å². The SMILES string of the molecule is CC1(CN)CCN(C(=O)c2cc(F)ccc2F)C1. The minimum atomic E-state index is -0.692. The molecule has 98 valence electrons. The van der Waals surface area contributed by atoms with Gasteiger partial charge in [-0.05, 0) is 36.6 Å². The van der Waals surface area contributed by atoms with Gasteiger partial charge in [0.25, 0.3) is 5.91 Å². The average Bonchev–Trinajstić information content (AvgIpc) is 2.75. The van der Waals surface area contributed by atoms with Gasteiger partial charge in [0.2, 0.25) is 0 Å². The number of carbonyl (C=O) groups excluding carboxylic acids is 1. The van der Waals surface area contributed by atoms with E-state index in [0.717, 1.165) is 24.6 Å². The van der Waals surface area contributed by atoms with Crippen molar-refractivity contribution in [3.8, 4) is 0 Å². The molecule has 0 aliphatic carbocycles. The van der Waals surface area contributed by atoms with Gasteiger partial charge >= 0.3 is 0 Å². The first-order valence-corrected chi connectivity index (χ1v) is 5.90. The highest BCUT2D eigenvalue weighted by Gasteiger charge is 2.35. The van der Waals surface area contributed by atoms with E-state index >= 15 is 0 Å². The molecule has 0 bridgehead atoms. The molecule has 5 heteroatoms. The van der Waals surface area contributed by atoms with E-state index in [9.17, 15) is 13.6 Å². The number of rotatable bonds is 2. The average molecular weight is 254 g/mol. The van der Waals surface area contributed by atoms with Crippen LogP contribution in [0.25, 0.3) is 0 Å². The first kappa shape index (κ1) is 13.0. The number of amides is 1. The van der Waals surface area contributed by atoms with E-state index in [-0.39, 0.29) is 11.0 Å². The Morgan fingerprint density at radius 3 is 2.83 bits per heavy atom. The Bertz CT molecular complexity index is 478. The lowest BCUT2D eigenvalue weighted by atomic mass is 9.90. The van der Waals surface area contributed by atoms with Crippen molar-refractivity contribution >= 4 is 5.91 Å². The number of carbonyl (C=O) groups is 1. The van der Waals surface area contributed by atoms with Gasteiger partial charge in [-0.1, -0.05) is 6.92 Å². The van der Waals surface area contributed by atoms with Crippen molar-refractivity contribution in [1.29, 1.82) is 0 Å². The van der Waals surface area contributed by atoms with Crippen LogP contribution >= 0.6 is 0 Å². The second-order valence-electron chi connectivity index (χ2n) is 5.12. The van der Waals surface area contributed by atoms with Crippen LogP contribution in [0.4, 0.5) is 8.78 Å². The molecule has 1 amide bonds. The molecule has 1 atom stereocenters. The Kier molecular flexibility index (Phi) is 3.34. The summed E-state index contributed by atoms with van der Waals surface area (Å²) in [4.78, 5) is 13.6. The van der Waals surface area contributed by atoms with Gasteiger partial charge in [0.15, 0.2) is 0 Å². The van der Waals surface area contributed by atoms with Crippen molar-refractivity contribution in [2.24, 2.45) is 11.1 Å². The van der Waals surface area contributed by atoms with Crippen molar-refractivity contribution in [3.63, 3.8) is 0 Å². The third-order valence-electron chi connectivity index (χ3n) is 3.50. The fourth-order valence-corrected chi connectivity index (χ4v) is 2.20. The van der Waals surface area contributed by atoms with Crippen molar-refractivity contribution < 1.29 is 13.6 Å². The van der Waals surface area contributed by atoms with Crippen molar-refractivity contribution in [3.05, 3.63) is 35.4 Å². The molecule has 2 N–H and O–H groups in total. The number of nitrogens with two attached hydrogens (primary N) is 1. The first-order chi connectivity index (χ1) is 8.45. The van der Waals surface area contributed by atoms with Gasteiger partial charge in [-0.25, -0.2) is 8.78 Å². The second kappa shape index (κ2) is 4.65. The molecule has 1 unspecified atom stereocenters. The highest BCUT2D eigenvalue weighted by atomic mass is 19.1. The largest absolute Gasteiger partial charge is 0.338 e. The molecule has 1 heterocycles. The Morgan fingerprint density at radius 2 is 2.22 bits per heavy atom. The normalized spacial score (nSPS) is 23.4. The molecule has 18 heavy (non-hydrogen) atoms. The third kappa shape index (κ3) is 2.36. The molecule has 0 spiro atoms. The number of hydrogen-bond donors (Lipinski definition) is 1. The number of hydrogen-bond acceptors (Lipinski definition) is 2. The maximum atomic E-state index is 13.5. The Labute approximate surface area is 105 Å². The minimum absolute atomic E-state index is 0.126. The second-order valence-corrected chi connectivity index (χ2v) is 5.12. The maximum Gasteiger partial charge on any atom is 0.256 e. The lowest BCUT2D eigenvalue weighted by molar-refractivity contribution is 0.0771. The van der Waals surface area contributed by atoms with E-state index < -0.39 is 17.5 Å². The van der Waals surface area contributed by atoms with E-state index in [0.29, 0.717) is 19.6 Å². The van der Waals surface area contributed by atoms with E-state index in [4.69, 9.17) is 5.73 Å². The lowest BCUT2D eigenvalue weighted by Crippen LogP contribution is -2.34.